The van der Waals surface area contributed by atoms with Crippen LogP contribution in [0.15, 0.2) is 9.00 Å². The first-order valence-electron chi connectivity index (χ1n) is 3.47. The van der Waals surface area contributed by atoms with Gasteiger partial charge in [-0.05, 0) is 22.9 Å². The fourth-order valence-electron chi connectivity index (χ4n) is 0.577. The van der Waals surface area contributed by atoms with Crippen LogP contribution >= 0.6 is 15.9 Å². The minimum absolute atomic E-state index is 0.124. The standard InChI is InChI=1S/C7H8BrNO3/c1-3-5(10)11-7-6(8)4(2)9-12-7/h3H2,1-2H3. The highest BCUT2D eigenvalue weighted by Crippen LogP contribution is 2.27. The van der Waals surface area contributed by atoms with Gasteiger partial charge in [0.05, 0.1) is 5.69 Å². The summed E-state index contributed by atoms with van der Waals surface area (Å²) in [4.78, 5) is 10.8. The van der Waals surface area contributed by atoms with Gasteiger partial charge in [0.2, 0.25) is 0 Å². The molecule has 0 unspecified atom stereocenters. The molecule has 1 heterocycles. The third-order valence-corrected chi connectivity index (χ3v) is 2.16. The van der Waals surface area contributed by atoms with Crippen molar-refractivity contribution in [2.75, 3.05) is 0 Å². The van der Waals surface area contributed by atoms with Crippen molar-refractivity contribution in [2.45, 2.75) is 20.3 Å². The van der Waals surface area contributed by atoms with E-state index >= 15 is 0 Å². The quantitative estimate of drug-likeness (QED) is 0.735. The fourth-order valence-corrected chi connectivity index (χ4v) is 0.802. The van der Waals surface area contributed by atoms with Crippen LogP contribution in [0, 0.1) is 6.92 Å². The zero-order valence-electron chi connectivity index (χ0n) is 6.76. The number of aryl methyl sites for hydroxylation is 1. The second-order valence-corrected chi connectivity index (χ2v) is 2.99. The number of hydrogen-bond donors (Lipinski definition) is 0. The molecule has 66 valence electrons. The molecule has 0 saturated carbocycles. The number of rotatable bonds is 2. The molecule has 0 aliphatic rings. The lowest BCUT2D eigenvalue weighted by atomic mass is 10.5. The molecule has 1 aromatic rings. The molecule has 0 aromatic carbocycles. The van der Waals surface area contributed by atoms with Gasteiger partial charge in [-0.1, -0.05) is 12.1 Å². The minimum Gasteiger partial charge on any atom is -0.390 e. The summed E-state index contributed by atoms with van der Waals surface area (Å²) >= 11 is 3.17. The van der Waals surface area contributed by atoms with E-state index in [0.717, 1.165) is 0 Å². The Morgan fingerprint density at radius 1 is 1.75 bits per heavy atom. The first kappa shape index (κ1) is 9.25. The van der Waals surface area contributed by atoms with Crippen LogP contribution in [0.25, 0.3) is 0 Å². The molecule has 0 fully saturated rings. The SMILES string of the molecule is CCC(=O)Oc1onc(C)c1Br. The molecule has 0 saturated heterocycles. The van der Waals surface area contributed by atoms with E-state index in [-0.39, 0.29) is 11.9 Å². The zero-order valence-corrected chi connectivity index (χ0v) is 8.34. The summed E-state index contributed by atoms with van der Waals surface area (Å²) in [7, 11) is 0. The average molecular weight is 234 g/mol. The molecule has 5 heteroatoms. The predicted octanol–water partition coefficient (Wildman–Crippen LogP) is 2.06. The Labute approximate surface area is 78.0 Å². The van der Waals surface area contributed by atoms with E-state index in [9.17, 15) is 4.79 Å². The smallest absolute Gasteiger partial charge is 0.333 e. The summed E-state index contributed by atoms with van der Waals surface area (Å²) < 4.78 is 10.1. The van der Waals surface area contributed by atoms with Crippen molar-refractivity contribution in [1.82, 2.24) is 5.16 Å². The Balaban J connectivity index is 2.76. The van der Waals surface area contributed by atoms with E-state index in [1.165, 1.54) is 0 Å². The number of carbonyl (C=O) groups excluding carboxylic acids is 1. The van der Waals surface area contributed by atoms with Crippen LogP contribution in [0.4, 0.5) is 0 Å². The topological polar surface area (TPSA) is 52.3 Å². The second kappa shape index (κ2) is 3.71. The maximum absolute atomic E-state index is 10.8. The van der Waals surface area contributed by atoms with E-state index in [0.29, 0.717) is 16.6 Å². The average Bonchev–Trinajstić information content (AvgIpc) is 2.36. The highest BCUT2D eigenvalue weighted by Gasteiger charge is 2.13. The molecule has 4 nitrogen and oxygen atoms in total. The number of hydrogen-bond acceptors (Lipinski definition) is 4. The van der Waals surface area contributed by atoms with E-state index in [4.69, 9.17) is 9.26 Å². The van der Waals surface area contributed by atoms with Crippen molar-refractivity contribution in [3.8, 4) is 5.95 Å². The minimum atomic E-state index is -0.341. The summed E-state index contributed by atoms with van der Waals surface area (Å²) in [6.45, 7) is 3.45. The Bertz CT molecular complexity index is 295. The summed E-state index contributed by atoms with van der Waals surface area (Å²) in [5.41, 5.74) is 0.661. The lowest BCUT2D eigenvalue weighted by molar-refractivity contribution is -0.135. The molecular weight excluding hydrogens is 226 g/mol. The van der Waals surface area contributed by atoms with Crippen LogP contribution in [0.5, 0.6) is 5.95 Å². The number of aromatic nitrogens is 1. The van der Waals surface area contributed by atoms with E-state index in [2.05, 4.69) is 21.1 Å². The van der Waals surface area contributed by atoms with Gasteiger partial charge >= 0.3 is 11.9 Å². The number of esters is 1. The summed E-state index contributed by atoms with van der Waals surface area (Å²) in [5, 5.41) is 3.60. The molecule has 0 bridgehead atoms. The van der Waals surface area contributed by atoms with Gasteiger partial charge in [0.15, 0.2) is 0 Å². The van der Waals surface area contributed by atoms with Crippen LogP contribution in [-0.4, -0.2) is 11.1 Å². The highest BCUT2D eigenvalue weighted by molar-refractivity contribution is 9.10. The first-order chi connectivity index (χ1) is 5.65. The Morgan fingerprint density at radius 3 is 2.83 bits per heavy atom. The van der Waals surface area contributed by atoms with Crippen LogP contribution in [0.3, 0.4) is 0 Å². The Hall–Kier alpha value is -0.840. The van der Waals surface area contributed by atoms with E-state index in [1.54, 1.807) is 13.8 Å². The van der Waals surface area contributed by atoms with Crippen molar-refractivity contribution >= 4 is 21.9 Å². The third kappa shape index (κ3) is 1.85. The fraction of sp³-hybridized carbons (Fsp3) is 0.429. The van der Waals surface area contributed by atoms with Crippen LogP contribution in [0.2, 0.25) is 0 Å². The molecular formula is C7H8BrNO3. The van der Waals surface area contributed by atoms with Gasteiger partial charge in [-0.2, -0.15) is 0 Å². The molecule has 0 amide bonds. The first-order valence-corrected chi connectivity index (χ1v) is 4.27. The van der Waals surface area contributed by atoms with E-state index in [1.807, 2.05) is 0 Å². The van der Waals surface area contributed by atoms with Gasteiger partial charge in [-0.25, -0.2) is 0 Å². The van der Waals surface area contributed by atoms with Crippen LogP contribution < -0.4 is 4.74 Å². The van der Waals surface area contributed by atoms with Gasteiger partial charge < -0.3 is 9.26 Å². The Kier molecular flexibility index (Phi) is 2.86. The molecule has 0 N–H and O–H groups in total. The molecule has 12 heavy (non-hydrogen) atoms. The van der Waals surface area contributed by atoms with Crippen molar-refractivity contribution in [3.63, 3.8) is 0 Å². The van der Waals surface area contributed by atoms with Gasteiger partial charge in [0.25, 0.3) is 0 Å². The molecule has 1 rings (SSSR count). The van der Waals surface area contributed by atoms with Gasteiger partial charge in [-0.15, -0.1) is 0 Å². The number of halogens is 1. The van der Waals surface area contributed by atoms with Crippen molar-refractivity contribution in [3.05, 3.63) is 10.2 Å². The second-order valence-electron chi connectivity index (χ2n) is 2.20. The number of carbonyl (C=O) groups is 1. The zero-order chi connectivity index (χ0) is 9.14. The maximum atomic E-state index is 10.8. The van der Waals surface area contributed by atoms with Crippen molar-refractivity contribution < 1.29 is 14.1 Å². The lowest BCUT2D eigenvalue weighted by Crippen LogP contribution is -2.04. The monoisotopic (exact) mass is 233 g/mol. The third-order valence-electron chi connectivity index (χ3n) is 1.26. The van der Waals surface area contributed by atoms with Gasteiger partial charge in [0.1, 0.15) is 4.47 Å². The Morgan fingerprint density at radius 2 is 2.42 bits per heavy atom. The number of ether oxygens (including phenoxy) is 1. The van der Waals surface area contributed by atoms with Crippen LogP contribution in [-0.2, 0) is 4.79 Å². The molecule has 0 aliphatic carbocycles. The lowest BCUT2D eigenvalue weighted by Gasteiger charge is -1.95. The largest absolute Gasteiger partial charge is 0.390 e. The molecule has 0 spiro atoms. The number of nitrogens with zero attached hydrogens (tertiary/aromatic N) is 1. The van der Waals surface area contributed by atoms with Crippen molar-refractivity contribution in [1.29, 1.82) is 0 Å². The van der Waals surface area contributed by atoms with Gasteiger partial charge in [-0.3, -0.25) is 4.79 Å². The highest BCUT2D eigenvalue weighted by atomic mass is 79.9. The van der Waals surface area contributed by atoms with E-state index < -0.39 is 0 Å². The summed E-state index contributed by atoms with van der Waals surface area (Å²) in [6.07, 6.45) is 0.312. The summed E-state index contributed by atoms with van der Waals surface area (Å²) in [6, 6.07) is 0. The molecule has 0 aliphatic heterocycles. The molecule has 0 radical (unpaired) electrons. The maximum Gasteiger partial charge on any atom is 0.333 e. The predicted molar refractivity (Wildman–Crippen MR) is 44.9 cm³/mol. The van der Waals surface area contributed by atoms with Gasteiger partial charge in [0, 0.05) is 6.42 Å². The summed E-state index contributed by atoms with van der Waals surface area (Å²) in [5.74, 6) is -0.216. The van der Waals surface area contributed by atoms with Crippen molar-refractivity contribution in [2.24, 2.45) is 0 Å². The molecule has 0 atom stereocenters. The normalized spacial score (nSPS) is 9.92. The van der Waals surface area contributed by atoms with Crippen LogP contribution in [0.1, 0.15) is 19.0 Å². The molecule has 1 aromatic heterocycles.